The molecule has 1 fully saturated rings. The number of nitrogens with one attached hydrogen (secondary N) is 1. The van der Waals surface area contributed by atoms with E-state index < -0.39 is 12.1 Å². The van der Waals surface area contributed by atoms with E-state index in [1.54, 1.807) is 46.8 Å². The van der Waals surface area contributed by atoms with Crippen LogP contribution in [0, 0.1) is 18.3 Å². The Morgan fingerprint density at radius 3 is 2.61 bits per heavy atom. The summed E-state index contributed by atoms with van der Waals surface area (Å²) in [5.74, 6) is -0.463. The van der Waals surface area contributed by atoms with E-state index >= 15 is 0 Å². The number of benzene rings is 2. The summed E-state index contributed by atoms with van der Waals surface area (Å²) < 4.78 is 5.79. The van der Waals surface area contributed by atoms with Crippen LogP contribution in [0.3, 0.4) is 0 Å². The molecule has 1 aromatic heterocycles. The lowest BCUT2D eigenvalue weighted by atomic mass is 9.99. The second-order valence-corrected chi connectivity index (χ2v) is 8.57. The van der Waals surface area contributed by atoms with Crippen LogP contribution in [0.15, 0.2) is 54.0 Å². The number of thiazole rings is 1. The molecule has 8 nitrogen and oxygen atoms in total. The van der Waals surface area contributed by atoms with Crippen LogP contribution in [0.1, 0.15) is 38.2 Å². The Bertz CT molecular complexity index is 1180. The number of aliphatic hydroxyl groups is 1. The summed E-state index contributed by atoms with van der Waals surface area (Å²) in [6, 6.07) is 15.0. The average molecular weight is 463 g/mol. The standard InChI is InChI=1S/C24H22N4O4S/c1-15-21(33-14-26-15)11-28-20(12-29)23(32-13-22(28)30)17-6-8-19(9-7-17)27-24(31)18-4-2-16(10-25)3-5-18/h2-9,14,20,23,29H,11-13H2,1H3,(H,27,31)/t20-,23-/m1/s1. The molecule has 0 aliphatic carbocycles. The van der Waals surface area contributed by atoms with Crippen LogP contribution >= 0.6 is 11.3 Å². The third-order valence-electron chi connectivity index (χ3n) is 5.58. The predicted molar refractivity (Wildman–Crippen MR) is 123 cm³/mol. The first kappa shape index (κ1) is 22.6. The fourth-order valence-corrected chi connectivity index (χ4v) is 4.48. The van der Waals surface area contributed by atoms with Gasteiger partial charge in [0.15, 0.2) is 0 Å². The van der Waals surface area contributed by atoms with E-state index in [9.17, 15) is 14.7 Å². The molecule has 168 valence electrons. The third kappa shape index (κ3) is 4.93. The van der Waals surface area contributed by atoms with Crippen LogP contribution in [0.5, 0.6) is 0 Å². The molecule has 2 amide bonds. The van der Waals surface area contributed by atoms with E-state index in [4.69, 9.17) is 10.00 Å². The molecule has 1 aliphatic rings. The molecule has 2 heterocycles. The molecule has 4 rings (SSSR count). The molecule has 9 heteroatoms. The minimum Gasteiger partial charge on any atom is -0.394 e. The first-order valence-electron chi connectivity index (χ1n) is 10.3. The smallest absolute Gasteiger partial charge is 0.255 e. The van der Waals surface area contributed by atoms with Crippen molar-refractivity contribution in [2.75, 3.05) is 18.5 Å². The quantitative estimate of drug-likeness (QED) is 0.582. The van der Waals surface area contributed by atoms with Crippen molar-refractivity contribution in [3.8, 4) is 6.07 Å². The minimum atomic E-state index is -0.535. The molecule has 1 saturated heterocycles. The topological polar surface area (TPSA) is 116 Å². The van der Waals surface area contributed by atoms with Gasteiger partial charge in [0.25, 0.3) is 5.91 Å². The lowest BCUT2D eigenvalue weighted by Crippen LogP contribution is -2.52. The van der Waals surface area contributed by atoms with Gasteiger partial charge in [0.2, 0.25) is 5.91 Å². The highest BCUT2D eigenvalue weighted by Gasteiger charge is 2.37. The first-order chi connectivity index (χ1) is 16.0. The van der Waals surface area contributed by atoms with Crippen LogP contribution in [-0.2, 0) is 16.1 Å². The Labute approximate surface area is 195 Å². The summed E-state index contributed by atoms with van der Waals surface area (Å²) in [4.78, 5) is 31.9. The van der Waals surface area contributed by atoms with Gasteiger partial charge in [0.1, 0.15) is 12.7 Å². The number of aryl methyl sites for hydroxylation is 1. The van der Waals surface area contributed by atoms with Gasteiger partial charge in [0, 0.05) is 16.1 Å². The number of nitrogens with zero attached hydrogens (tertiary/aromatic N) is 3. The largest absolute Gasteiger partial charge is 0.394 e. The summed E-state index contributed by atoms with van der Waals surface area (Å²) in [5, 5.41) is 21.8. The number of carbonyl (C=O) groups excluding carboxylic acids is 2. The van der Waals surface area contributed by atoms with E-state index in [2.05, 4.69) is 10.3 Å². The zero-order valence-electron chi connectivity index (χ0n) is 17.9. The molecular weight excluding hydrogens is 440 g/mol. The summed E-state index contributed by atoms with van der Waals surface area (Å²) in [7, 11) is 0. The zero-order valence-corrected chi connectivity index (χ0v) is 18.7. The van der Waals surface area contributed by atoms with Crippen LogP contribution in [0.2, 0.25) is 0 Å². The monoisotopic (exact) mass is 462 g/mol. The lowest BCUT2D eigenvalue weighted by molar-refractivity contribution is -0.161. The Morgan fingerprint density at radius 1 is 1.27 bits per heavy atom. The van der Waals surface area contributed by atoms with E-state index in [0.29, 0.717) is 23.4 Å². The first-order valence-corrected chi connectivity index (χ1v) is 11.2. The highest BCUT2D eigenvalue weighted by atomic mass is 32.1. The van der Waals surface area contributed by atoms with Crippen molar-refractivity contribution in [3.05, 3.63) is 81.3 Å². The molecule has 0 unspecified atom stereocenters. The number of amides is 2. The molecule has 2 N–H and O–H groups in total. The zero-order chi connectivity index (χ0) is 23.4. The molecule has 33 heavy (non-hydrogen) atoms. The van der Waals surface area contributed by atoms with E-state index in [0.717, 1.165) is 16.1 Å². The van der Waals surface area contributed by atoms with Gasteiger partial charge in [-0.2, -0.15) is 5.26 Å². The maximum Gasteiger partial charge on any atom is 0.255 e. The molecule has 0 saturated carbocycles. The van der Waals surface area contributed by atoms with Crippen LogP contribution in [0.4, 0.5) is 5.69 Å². The molecule has 1 aliphatic heterocycles. The normalized spacial score (nSPS) is 18.1. The van der Waals surface area contributed by atoms with Crippen LogP contribution in [0.25, 0.3) is 0 Å². The van der Waals surface area contributed by atoms with Crippen molar-refractivity contribution in [2.24, 2.45) is 0 Å². The average Bonchev–Trinajstić information content (AvgIpc) is 3.25. The fourth-order valence-electron chi connectivity index (χ4n) is 3.71. The number of anilines is 1. The number of carbonyl (C=O) groups is 2. The van der Waals surface area contributed by atoms with Gasteiger partial charge in [-0.05, 0) is 48.9 Å². The number of aromatic nitrogens is 1. The fraction of sp³-hybridized carbons (Fsp3) is 0.250. The summed E-state index contributed by atoms with van der Waals surface area (Å²) in [6.45, 7) is 1.95. The second kappa shape index (κ2) is 9.92. The summed E-state index contributed by atoms with van der Waals surface area (Å²) in [5.41, 5.74) is 4.93. The lowest BCUT2D eigenvalue weighted by Gasteiger charge is -2.40. The van der Waals surface area contributed by atoms with E-state index in [1.807, 2.05) is 25.1 Å². The summed E-state index contributed by atoms with van der Waals surface area (Å²) >= 11 is 1.48. The Kier molecular flexibility index (Phi) is 6.79. The molecule has 3 aromatic rings. The highest BCUT2D eigenvalue weighted by molar-refractivity contribution is 7.09. The molecule has 2 atom stereocenters. The number of hydrogen-bond donors (Lipinski definition) is 2. The number of ether oxygens (including phenoxy) is 1. The van der Waals surface area contributed by atoms with Crippen molar-refractivity contribution in [1.29, 1.82) is 5.26 Å². The number of morpholine rings is 1. The third-order valence-corrected chi connectivity index (χ3v) is 6.50. The predicted octanol–water partition coefficient (Wildman–Crippen LogP) is 3.04. The maximum atomic E-state index is 12.5. The second-order valence-electron chi connectivity index (χ2n) is 7.63. The van der Waals surface area contributed by atoms with Crippen molar-refractivity contribution in [1.82, 2.24) is 9.88 Å². The van der Waals surface area contributed by atoms with E-state index in [-0.39, 0.29) is 25.0 Å². The van der Waals surface area contributed by atoms with Gasteiger partial charge < -0.3 is 20.1 Å². The Morgan fingerprint density at radius 2 is 2.00 bits per heavy atom. The maximum absolute atomic E-state index is 12.5. The van der Waals surface area contributed by atoms with Crippen molar-refractivity contribution in [2.45, 2.75) is 25.6 Å². The number of aliphatic hydroxyl groups excluding tert-OH is 1. The number of hydrogen-bond acceptors (Lipinski definition) is 7. The van der Waals surface area contributed by atoms with Crippen LogP contribution < -0.4 is 5.32 Å². The molecule has 0 spiro atoms. The number of nitriles is 1. The highest BCUT2D eigenvalue weighted by Crippen LogP contribution is 2.31. The van der Waals surface area contributed by atoms with Gasteiger partial charge in [-0.3, -0.25) is 9.59 Å². The van der Waals surface area contributed by atoms with Gasteiger partial charge >= 0.3 is 0 Å². The van der Waals surface area contributed by atoms with Crippen molar-refractivity contribution < 1.29 is 19.4 Å². The summed E-state index contributed by atoms with van der Waals surface area (Å²) in [6.07, 6.45) is -0.496. The molecule has 0 radical (unpaired) electrons. The Balaban J connectivity index is 1.47. The van der Waals surface area contributed by atoms with E-state index in [1.165, 1.54) is 11.3 Å². The van der Waals surface area contributed by atoms with Crippen molar-refractivity contribution >= 4 is 28.8 Å². The number of rotatable bonds is 6. The molecule has 2 aromatic carbocycles. The van der Waals surface area contributed by atoms with Gasteiger partial charge in [-0.15, -0.1) is 11.3 Å². The Hall–Kier alpha value is -3.58. The van der Waals surface area contributed by atoms with Gasteiger partial charge in [-0.25, -0.2) is 4.98 Å². The SMILES string of the molecule is Cc1ncsc1CN1C(=O)CO[C@H](c2ccc(NC(=O)c3ccc(C#N)cc3)cc2)[C@H]1CO. The molecule has 0 bridgehead atoms. The van der Waals surface area contributed by atoms with Gasteiger partial charge in [0.05, 0.1) is 42.0 Å². The van der Waals surface area contributed by atoms with Gasteiger partial charge in [-0.1, -0.05) is 12.1 Å². The molecular formula is C24H22N4O4S. The van der Waals surface area contributed by atoms with Crippen LogP contribution in [-0.4, -0.2) is 46.1 Å². The minimum absolute atomic E-state index is 0.0732. The van der Waals surface area contributed by atoms with Crippen molar-refractivity contribution in [3.63, 3.8) is 0 Å².